The van der Waals surface area contributed by atoms with Crippen LogP contribution in [0.3, 0.4) is 0 Å². The quantitative estimate of drug-likeness (QED) is 0.719. The van der Waals surface area contributed by atoms with Crippen LogP contribution in [0.1, 0.15) is 32.6 Å². The van der Waals surface area contributed by atoms with Crippen molar-refractivity contribution >= 4 is 23.1 Å². The molecule has 0 aromatic carbocycles. The first-order valence-corrected chi connectivity index (χ1v) is 6.55. The van der Waals surface area contributed by atoms with Gasteiger partial charge in [0.25, 0.3) is 0 Å². The maximum Gasteiger partial charge on any atom is 0.233 e. The highest BCUT2D eigenvalue weighted by Crippen LogP contribution is 2.38. The summed E-state index contributed by atoms with van der Waals surface area (Å²) < 4.78 is 0. The lowest BCUT2D eigenvalue weighted by Crippen LogP contribution is -2.49. The fourth-order valence-corrected chi connectivity index (χ4v) is 2.45. The Morgan fingerprint density at radius 3 is 2.41 bits per heavy atom. The number of likely N-dealkylation sites (N-methyl/N-ethyl adjacent to an activating group) is 1. The fraction of sp³-hybridized carbons (Fsp3) is 0.833. The van der Waals surface area contributed by atoms with Gasteiger partial charge in [-0.05, 0) is 33.9 Å². The van der Waals surface area contributed by atoms with Gasteiger partial charge in [-0.1, -0.05) is 25.1 Å². The Kier molecular flexibility index (Phi) is 4.89. The maximum atomic E-state index is 12.2. The lowest BCUT2D eigenvalue weighted by molar-refractivity contribution is -0.127. The number of hydrogen-bond donors (Lipinski definition) is 2. The summed E-state index contributed by atoms with van der Waals surface area (Å²) in [4.78, 5) is 14.7. The molecule has 0 aromatic heterocycles. The van der Waals surface area contributed by atoms with Crippen LogP contribution < -0.4 is 11.1 Å². The number of nitrogens with two attached hydrogens (primary N) is 1. The second-order valence-corrected chi connectivity index (χ2v) is 5.62. The summed E-state index contributed by atoms with van der Waals surface area (Å²) >= 11 is 5.08. The molecule has 0 spiro atoms. The van der Waals surface area contributed by atoms with Crippen molar-refractivity contribution in [1.82, 2.24) is 10.2 Å². The molecule has 0 saturated heterocycles. The summed E-state index contributed by atoms with van der Waals surface area (Å²) in [6.45, 7) is 2.71. The number of carbonyl (C=O) groups is 1. The SMILES string of the molecule is CC(CNC(=O)C1(C(N)=S)CCCC1)N(C)C. The predicted octanol–water partition coefficient (Wildman–Crippen LogP) is 0.899. The fourth-order valence-electron chi connectivity index (χ4n) is 2.16. The van der Waals surface area contributed by atoms with Crippen LogP contribution in [0.15, 0.2) is 0 Å². The molecule has 0 aliphatic heterocycles. The molecule has 0 radical (unpaired) electrons. The van der Waals surface area contributed by atoms with Gasteiger partial charge in [-0.2, -0.15) is 0 Å². The number of nitrogens with one attached hydrogen (secondary N) is 1. The highest BCUT2D eigenvalue weighted by molar-refractivity contribution is 7.80. The zero-order valence-electron chi connectivity index (χ0n) is 11.0. The molecule has 1 aliphatic rings. The van der Waals surface area contributed by atoms with E-state index in [2.05, 4.69) is 17.1 Å². The maximum absolute atomic E-state index is 12.2. The first-order chi connectivity index (χ1) is 7.90. The number of nitrogens with zero attached hydrogens (tertiary/aromatic N) is 1. The molecule has 98 valence electrons. The van der Waals surface area contributed by atoms with Crippen LogP contribution in [0.4, 0.5) is 0 Å². The zero-order chi connectivity index (χ0) is 13.1. The van der Waals surface area contributed by atoms with E-state index < -0.39 is 5.41 Å². The molecule has 3 N–H and O–H groups in total. The largest absolute Gasteiger partial charge is 0.392 e. The molecule has 1 unspecified atom stereocenters. The van der Waals surface area contributed by atoms with Gasteiger partial charge < -0.3 is 16.0 Å². The minimum atomic E-state index is -0.582. The molecule has 0 aromatic rings. The monoisotopic (exact) mass is 257 g/mol. The van der Waals surface area contributed by atoms with E-state index in [1.807, 2.05) is 14.1 Å². The Morgan fingerprint density at radius 2 is 2.00 bits per heavy atom. The van der Waals surface area contributed by atoms with Crippen molar-refractivity contribution in [3.8, 4) is 0 Å². The normalized spacial score (nSPS) is 20.2. The molecule has 17 heavy (non-hydrogen) atoms. The van der Waals surface area contributed by atoms with Gasteiger partial charge in [-0.3, -0.25) is 4.79 Å². The van der Waals surface area contributed by atoms with Crippen LogP contribution in [0.2, 0.25) is 0 Å². The van der Waals surface area contributed by atoms with E-state index in [1.165, 1.54) is 0 Å². The number of hydrogen-bond acceptors (Lipinski definition) is 3. The predicted molar refractivity (Wildman–Crippen MR) is 73.8 cm³/mol. The Morgan fingerprint density at radius 1 is 1.47 bits per heavy atom. The van der Waals surface area contributed by atoms with Crippen molar-refractivity contribution in [3.05, 3.63) is 0 Å². The third-order valence-electron chi connectivity index (χ3n) is 3.80. The van der Waals surface area contributed by atoms with E-state index in [9.17, 15) is 4.79 Å². The van der Waals surface area contributed by atoms with Gasteiger partial charge in [0.1, 0.15) is 0 Å². The summed E-state index contributed by atoms with van der Waals surface area (Å²) in [5.74, 6) is 0.0104. The Labute approximate surface area is 109 Å². The van der Waals surface area contributed by atoms with Crippen LogP contribution in [0.5, 0.6) is 0 Å². The molecule has 0 bridgehead atoms. The minimum absolute atomic E-state index is 0.0104. The number of thiocarbonyl (C=S) groups is 1. The van der Waals surface area contributed by atoms with E-state index in [0.717, 1.165) is 25.7 Å². The van der Waals surface area contributed by atoms with Gasteiger partial charge in [0.2, 0.25) is 5.91 Å². The smallest absolute Gasteiger partial charge is 0.233 e. The van der Waals surface area contributed by atoms with Gasteiger partial charge in [0, 0.05) is 12.6 Å². The lowest BCUT2D eigenvalue weighted by atomic mass is 9.85. The van der Waals surface area contributed by atoms with Crippen LogP contribution >= 0.6 is 12.2 Å². The third-order valence-corrected chi connectivity index (χ3v) is 4.19. The second-order valence-electron chi connectivity index (χ2n) is 5.18. The van der Waals surface area contributed by atoms with E-state index >= 15 is 0 Å². The van der Waals surface area contributed by atoms with Crippen LogP contribution in [0.25, 0.3) is 0 Å². The molecule has 1 amide bonds. The minimum Gasteiger partial charge on any atom is -0.392 e. The second kappa shape index (κ2) is 5.78. The first-order valence-electron chi connectivity index (χ1n) is 6.15. The van der Waals surface area contributed by atoms with Crippen LogP contribution in [-0.2, 0) is 4.79 Å². The standard InChI is InChI=1S/C12H23N3OS/c1-9(15(2)3)8-14-11(16)12(10(13)17)6-4-5-7-12/h9H,4-8H2,1-3H3,(H2,13,17)(H,14,16). The first kappa shape index (κ1) is 14.4. The number of carbonyl (C=O) groups excluding carboxylic acids is 1. The molecule has 5 heteroatoms. The van der Waals surface area contributed by atoms with Gasteiger partial charge in [0.15, 0.2) is 0 Å². The van der Waals surface area contributed by atoms with Gasteiger partial charge in [0.05, 0.1) is 10.4 Å². The highest BCUT2D eigenvalue weighted by atomic mass is 32.1. The summed E-state index contributed by atoms with van der Waals surface area (Å²) in [6, 6.07) is 0.309. The zero-order valence-corrected chi connectivity index (χ0v) is 11.8. The number of rotatable bonds is 5. The van der Waals surface area contributed by atoms with Crippen LogP contribution in [0, 0.1) is 5.41 Å². The lowest BCUT2D eigenvalue weighted by Gasteiger charge is -2.28. The molecule has 4 nitrogen and oxygen atoms in total. The molecule has 1 rings (SSSR count). The van der Waals surface area contributed by atoms with Gasteiger partial charge in [-0.25, -0.2) is 0 Å². The van der Waals surface area contributed by atoms with E-state index in [0.29, 0.717) is 17.6 Å². The Hall–Kier alpha value is -0.680. The summed E-state index contributed by atoms with van der Waals surface area (Å²) in [5, 5.41) is 2.98. The van der Waals surface area contributed by atoms with Crippen molar-refractivity contribution in [2.45, 2.75) is 38.6 Å². The molecule has 1 atom stereocenters. The topological polar surface area (TPSA) is 58.4 Å². The highest BCUT2D eigenvalue weighted by Gasteiger charge is 2.43. The van der Waals surface area contributed by atoms with Gasteiger partial charge >= 0.3 is 0 Å². The van der Waals surface area contributed by atoms with Crippen molar-refractivity contribution in [2.75, 3.05) is 20.6 Å². The van der Waals surface area contributed by atoms with Crippen LogP contribution in [-0.4, -0.2) is 42.5 Å². The molecule has 1 aliphatic carbocycles. The van der Waals surface area contributed by atoms with Gasteiger partial charge in [-0.15, -0.1) is 0 Å². The molecular weight excluding hydrogens is 234 g/mol. The molecule has 1 fully saturated rings. The van der Waals surface area contributed by atoms with E-state index in [4.69, 9.17) is 18.0 Å². The Balaban J connectivity index is 2.59. The average Bonchev–Trinajstić information content (AvgIpc) is 2.75. The Bertz CT molecular complexity index is 298. The third kappa shape index (κ3) is 3.16. The summed E-state index contributed by atoms with van der Waals surface area (Å²) in [5.41, 5.74) is 5.18. The molecular formula is C12H23N3OS. The van der Waals surface area contributed by atoms with E-state index in [-0.39, 0.29) is 5.91 Å². The van der Waals surface area contributed by atoms with Crippen molar-refractivity contribution in [3.63, 3.8) is 0 Å². The number of amides is 1. The molecule has 1 saturated carbocycles. The molecule has 0 heterocycles. The van der Waals surface area contributed by atoms with Crippen molar-refractivity contribution in [1.29, 1.82) is 0 Å². The van der Waals surface area contributed by atoms with Crippen molar-refractivity contribution in [2.24, 2.45) is 11.1 Å². The summed E-state index contributed by atoms with van der Waals surface area (Å²) in [7, 11) is 3.99. The summed E-state index contributed by atoms with van der Waals surface area (Å²) in [6.07, 6.45) is 3.66. The average molecular weight is 257 g/mol. The van der Waals surface area contributed by atoms with E-state index in [1.54, 1.807) is 0 Å². The van der Waals surface area contributed by atoms with Crippen molar-refractivity contribution < 1.29 is 4.79 Å².